The molecule has 1 aliphatic rings. The molecule has 30 heavy (non-hydrogen) atoms. The zero-order valence-corrected chi connectivity index (χ0v) is 19.2. The Labute approximate surface area is 182 Å². The third-order valence-electron chi connectivity index (χ3n) is 4.86. The van der Waals surface area contributed by atoms with Crippen molar-refractivity contribution in [3.63, 3.8) is 0 Å². The van der Waals surface area contributed by atoms with Crippen LogP contribution in [0.5, 0.6) is 0 Å². The fourth-order valence-corrected chi connectivity index (χ4v) is 3.59. The van der Waals surface area contributed by atoms with Crippen molar-refractivity contribution in [2.24, 2.45) is 0 Å². The second-order valence-corrected chi connectivity index (χ2v) is 8.79. The highest BCUT2D eigenvalue weighted by molar-refractivity contribution is 6.28. The summed E-state index contributed by atoms with van der Waals surface area (Å²) in [7, 11) is 0. The Morgan fingerprint density at radius 1 is 1.37 bits per heavy atom. The largest absolute Gasteiger partial charge is 0.444 e. The van der Waals surface area contributed by atoms with Gasteiger partial charge in [0.1, 0.15) is 5.60 Å². The van der Waals surface area contributed by atoms with Crippen LogP contribution in [0.1, 0.15) is 40.3 Å². The fourth-order valence-electron chi connectivity index (χ4n) is 3.46. The van der Waals surface area contributed by atoms with E-state index in [0.717, 1.165) is 17.9 Å². The topological polar surface area (TPSA) is 88.4 Å². The van der Waals surface area contributed by atoms with E-state index in [-0.39, 0.29) is 17.4 Å². The number of nitrogens with zero attached hydrogens (tertiary/aromatic N) is 6. The van der Waals surface area contributed by atoms with Crippen LogP contribution in [-0.4, -0.2) is 62.0 Å². The first-order valence-electron chi connectivity index (χ1n) is 10.2. The van der Waals surface area contributed by atoms with Gasteiger partial charge in [0.25, 0.3) is 0 Å². The smallest absolute Gasteiger partial charge is 0.410 e. The zero-order valence-electron chi connectivity index (χ0n) is 18.4. The van der Waals surface area contributed by atoms with Crippen LogP contribution in [0, 0.1) is 6.92 Å². The quantitative estimate of drug-likeness (QED) is 0.729. The van der Waals surface area contributed by atoms with Crippen molar-refractivity contribution in [2.45, 2.75) is 59.7 Å². The molecule has 3 rings (SSSR count). The van der Waals surface area contributed by atoms with Crippen LogP contribution in [0.2, 0.25) is 5.28 Å². The number of carbonyl (C=O) groups is 1. The molecule has 9 nitrogen and oxygen atoms in total. The minimum absolute atomic E-state index is 0.0290. The summed E-state index contributed by atoms with van der Waals surface area (Å²) in [6.07, 6.45) is 1.41. The summed E-state index contributed by atoms with van der Waals surface area (Å²) in [4.78, 5) is 25.0. The van der Waals surface area contributed by atoms with Gasteiger partial charge in [-0.25, -0.2) is 9.78 Å². The molecule has 1 amide bonds. The molecule has 2 aromatic rings. The lowest BCUT2D eigenvalue weighted by atomic mass is 10.2. The van der Waals surface area contributed by atoms with Crippen LogP contribution in [0.3, 0.4) is 0 Å². The van der Waals surface area contributed by atoms with Gasteiger partial charge in [-0.2, -0.15) is 10.1 Å². The summed E-state index contributed by atoms with van der Waals surface area (Å²) in [5, 5.41) is 7.97. The highest BCUT2D eigenvalue weighted by Gasteiger charge is 2.32. The van der Waals surface area contributed by atoms with E-state index in [1.807, 2.05) is 52.3 Å². The van der Waals surface area contributed by atoms with E-state index in [9.17, 15) is 4.79 Å². The number of ether oxygens (including phenoxy) is 1. The Kier molecular flexibility index (Phi) is 6.40. The number of rotatable bonds is 4. The van der Waals surface area contributed by atoms with Crippen molar-refractivity contribution >= 4 is 35.0 Å². The molecule has 1 N–H and O–H groups in total. The number of piperazine rings is 1. The van der Waals surface area contributed by atoms with Gasteiger partial charge in [0.15, 0.2) is 11.6 Å². The Hall–Kier alpha value is -2.55. The second kappa shape index (κ2) is 8.67. The third-order valence-corrected chi connectivity index (χ3v) is 5.05. The van der Waals surface area contributed by atoms with Crippen LogP contribution >= 0.6 is 11.6 Å². The van der Waals surface area contributed by atoms with Gasteiger partial charge in [0, 0.05) is 44.0 Å². The molecule has 0 unspecified atom stereocenters. The first-order chi connectivity index (χ1) is 14.1. The van der Waals surface area contributed by atoms with E-state index >= 15 is 0 Å². The zero-order chi connectivity index (χ0) is 22.1. The van der Waals surface area contributed by atoms with Gasteiger partial charge in [0.05, 0.1) is 11.9 Å². The maximum Gasteiger partial charge on any atom is 0.410 e. The van der Waals surface area contributed by atoms with Crippen molar-refractivity contribution in [3.8, 4) is 0 Å². The average molecular weight is 436 g/mol. The molecule has 1 fully saturated rings. The molecule has 1 saturated heterocycles. The minimum Gasteiger partial charge on any atom is -0.444 e. The maximum absolute atomic E-state index is 12.5. The molecule has 10 heteroatoms. The molecule has 3 heterocycles. The molecule has 0 aliphatic carbocycles. The number of hydrogen-bond donors (Lipinski definition) is 1. The number of aromatic nitrogens is 4. The number of halogens is 1. The molecule has 0 aromatic carbocycles. The first-order valence-corrected chi connectivity index (χ1v) is 10.5. The van der Waals surface area contributed by atoms with E-state index in [2.05, 4.69) is 25.3 Å². The summed E-state index contributed by atoms with van der Waals surface area (Å²) in [6, 6.07) is 1.94. The Balaban J connectivity index is 1.77. The van der Waals surface area contributed by atoms with Crippen molar-refractivity contribution in [3.05, 3.63) is 23.2 Å². The van der Waals surface area contributed by atoms with Crippen LogP contribution < -0.4 is 10.2 Å². The molecule has 164 valence electrons. The molecule has 0 saturated carbocycles. The minimum atomic E-state index is -0.519. The highest BCUT2D eigenvalue weighted by Crippen LogP contribution is 2.29. The normalized spacial score (nSPS) is 17.2. The molecule has 0 radical (unpaired) electrons. The SMILES string of the molecule is CCn1nc(Nc2nc(Cl)ncc2N2CCN(C(=O)OC(C)(C)C)[C@H](C)C2)cc1C. The van der Waals surface area contributed by atoms with Crippen LogP contribution in [0.25, 0.3) is 0 Å². The molecular formula is C20H30ClN7O2. The molecule has 2 aromatic heterocycles. The molecule has 1 atom stereocenters. The predicted octanol–water partition coefficient (Wildman–Crippen LogP) is 3.84. The number of amides is 1. The van der Waals surface area contributed by atoms with Gasteiger partial charge in [-0.3, -0.25) is 4.68 Å². The summed E-state index contributed by atoms with van der Waals surface area (Å²) < 4.78 is 7.44. The number of anilines is 3. The van der Waals surface area contributed by atoms with Gasteiger partial charge < -0.3 is 19.9 Å². The lowest BCUT2D eigenvalue weighted by Gasteiger charge is -2.41. The summed E-state index contributed by atoms with van der Waals surface area (Å²) in [6.45, 7) is 14.3. The van der Waals surface area contributed by atoms with E-state index < -0.39 is 5.60 Å². The fraction of sp³-hybridized carbons (Fsp3) is 0.600. The first kappa shape index (κ1) is 22.1. The summed E-state index contributed by atoms with van der Waals surface area (Å²) in [5.41, 5.74) is 1.36. The monoisotopic (exact) mass is 435 g/mol. The lowest BCUT2D eigenvalue weighted by molar-refractivity contribution is 0.0159. The molecular weight excluding hydrogens is 406 g/mol. The Morgan fingerprint density at radius 2 is 2.10 bits per heavy atom. The Morgan fingerprint density at radius 3 is 2.70 bits per heavy atom. The van der Waals surface area contributed by atoms with Gasteiger partial charge in [-0.15, -0.1) is 0 Å². The van der Waals surface area contributed by atoms with Crippen LogP contribution in [0.4, 0.5) is 22.1 Å². The second-order valence-electron chi connectivity index (χ2n) is 8.45. The van der Waals surface area contributed by atoms with Crippen molar-refractivity contribution in [2.75, 3.05) is 29.9 Å². The number of carbonyl (C=O) groups excluding carboxylic acids is 1. The van der Waals surface area contributed by atoms with Gasteiger partial charge in [0.2, 0.25) is 5.28 Å². The lowest BCUT2D eigenvalue weighted by Crippen LogP contribution is -2.55. The van der Waals surface area contributed by atoms with E-state index in [4.69, 9.17) is 16.3 Å². The number of aryl methyl sites for hydroxylation is 2. The van der Waals surface area contributed by atoms with E-state index in [1.54, 1.807) is 11.1 Å². The van der Waals surface area contributed by atoms with Gasteiger partial charge >= 0.3 is 6.09 Å². The van der Waals surface area contributed by atoms with Gasteiger partial charge in [-0.05, 0) is 53.1 Å². The summed E-state index contributed by atoms with van der Waals surface area (Å²) in [5.74, 6) is 1.29. The summed E-state index contributed by atoms with van der Waals surface area (Å²) >= 11 is 6.06. The van der Waals surface area contributed by atoms with Crippen molar-refractivity contribution in [1.82, 2.24) is 24.6 Å². The standard InChI is InChI=1S/C20H30ClN7O2/c1-7-28-13(2)10-16(25-28)23-17-15(11-22-18(21)24-17)26-8-9-27(14(3)12-26)19(29)30-20(4,5)6/h10-11,14H,7-9,12H2,1-6H3,(H,22,23,24,25)/t14-/m1/s1. The number of hydrogen-bond acceptors (Lipinski definition) is 7. The van der Waals surface area contributed by atoms with Gasteiger partial charge in [-0.1, -0.05) is 0 Å². The Bertz CT molecular complexity index is 909. The third kappa shape index (κ3) is 5.13. The van der Waals surface area contributed by atoms with E-state index in [1.165, 1.54) is 0 Å². The van der Waals surface area contributed by atoms with E-state index in [0.29, 0.717) is 31.3 Å². The van der Waals surface area contributed by atoms with Crippen LogP contribution in [0.15, 0.2) is 12.3 Å². The van der Waals surface area contributed by atoms with Crippen LogP contribution in [-0.2, 0) is 11.3 Å². The maximum atomic E-state index is 12.5. The number of nitrogens with one attached hydrogen (secondary N) is 1. The molecule has 1 aliphatic heterocycles. The molecule has 0 spiro atoms. The highest BCUT2D eigenvalue weighted by atomic mass is 35.5. The average Bonchev–Trinajstić information content (AvgIpc) is 2.99. The molecule has 0 bridgehead atoms. The predicted molar refractivity (Wildman–Crippen MR) is 118 cm³/mol. The van der Waals surface area contributed by atoms with Crippen molar-refractivity contribution in [1.29, 1.82) is 0 Å². The van der Waals surface area contributed by atoms with Crippen molar-refractivity contribution < 1.29 is 9.53 Å².